The number of pyridine rings is 4. The average Bonchev–Trinajstić information content (AvgIpc) is 1.25. The number of aromatic nitrogens is 14. The summed E-state index contributed by atoms with van der Waals surface area (Å²) >= 11 is 6.84. The van der Waals surface area contributed by atoms with Gasteiger partial charge < -0.3 is 46.7 Å². The Labute approximate surface area is 726 Å². The highest BCUT2D eigenvalue weighted by Crippen LogP contribution is 2.44. The number of ether oxygens (including phenoxy) is 6. The largest absolute Gasteiger partial charge is 0.454 e. The molecule has 13 aromatic rings. The molecule has 3 aliphatic rings. The van der Waals surface area contributed by atoms with Gasteiger partial charge in [0.1, 0.15) is 22.8 Å². The van der Waals surface area contributed by atoms with Gasteiger partial charge in [-0.25, -0.2) is 69.8 Å². The fourth-order valence-corrected chi connectivity index (χ4v) is 15.1. The van der Waals surface area contributed by atoms with Gasteiger partial charge in [-0.3, -0.25) is 23.4 Å². The van der Waals surface area contributed by atoms with E-state index in [0.29, 0.717) is 90.8 Å². The van der Waals surface area contributed by atoms with E-state index in [1.54, 1.807) is 77.7 Å². The zero-order valence-corrected chi connectivity index (χ0v) is 71.3. The zero-order valence-electron chi connectivity index (χ0n) is 64.9. The Balaban J connectivity index is 0.000000145. The molecule has 127 heavy (non-hydrogen) atoms. The van der Waals surface area contributed by atoms with Crippen molar-refractivity contribution >= 4 is 72.2 Å². The standard InChI is InChI=1S/C21H16F3N5O3S.C19H13BrF3N3O5S.C19H13BrF3N3O4S.C19H14F3N3O5S/c1-33(31,32)20-26-17(11-18(27-20)21(22,23)24)15-5-8-19(30)28(13-15)12-14-3-6-16(7-4-14)29-10-2-9-25-29;1-32(28,29)18-24-12(6-14(25-18)19(21,22)23)10-3-5-15(27)26(7-10)8-11-2-4-13-17(16(11)20)31-9-30-13;1-31(28)18-24-12(6-14(25-18)19(21,22)23)10-3-5-15(27)26(7-10)8-11-2-4-13-17(16(11)20)30-9-29-13;1-31(27,28)18-23-13(7-16(24-18)19(20,21)22)12-3-5-17(26)25(9-12)8-11-2-4-14-15(6-11)30-10-29-14/h2-11,13H,12H2,1H3;2-7H,8-9H2,1H3;2-7H,8-9H2,1H3;2-7,9H,8,10H2,1H3. The second-order valence-electron chi connectivity index (χ2n) is 27.3. The molecule has 0 saturated carbocycles. The van der Waals surface area contributed by atoms with Crippen molar-refractivity contribution < 1.29 is 111 Å². The molecular weight excluding hydrogens is 1920 g/mol. The highest BCUT2D eigenvalue weighted by molar-refractivity contribution is 9.11. The number of hydrogen-bond acceptors (Lipinski definition) is 26. The van der Waals surface area contributed by atoms with Crippen molar-refractivity contribution in [2.75, 3.05) is 45.4 Å². The molecule has 0 amide bonds. The quantitative estimate of drug-likeness (QED) is 0.0603. The van der Waals surface area contributed by atoms with Gasteiger partial charge in [0.2, 0.25) is 70.5 Å². The first kappa shape index (κ1) is 91.8. The van der Waals surface area contributed by atoms with Crippen LogP contribution in [0.1, 0.15) is 45.0 Å². The van der Waals surface area contributed by atoms with E-state index in [1.807, 2.05) is 12.1 Å². The van der Waals surface area contributed by atoms with Gasteiger partial charge >= 0.3 is 24.7 Å². The topological polar surface area (TPSA) is 384 Å². The molecular formula is C78H56Br2F12N14O17S4. The number of rotatable bonds is 17. The van der Waals surface area contributed by atoms with Crippen LogP contribution in [0.3, 0.4) is 0 Å². The van der Waals surface area contributed by atoms with E-state index in [0.717, 1.165) is 35.7 Å². The van der Waals surface area contributed by atoms with E-state index in [9.17, 15) is 101 Å². The van der Waals surface area contributed by atoms with Crippen LogP contribution in [0.15, 0.2) is 232 Å². The normalized spacial score (nSPS) is 13.2. The minimum Gasteiger partial charge on any atom is -0.454 e. The summed E-state index contributed by atoms with van der Waals surface area (Å²) < 4.78 is 282. The minimum atomic E-state index is -4.89. The highest BCUT2D eigenvalue weighted by atomic mass is 79.9. The summed E-state index contributed by atoms with van der Waals surface area (Å²) in [6, 6.07) is 33.6. The van der Waals surface area contributed by atoms with Gasteiger partial charge in [0, 0.05) is 109 Å². The SMILES string of the molecule is CS(=O)(=O)c1nc(-c2ccc(=O)n(Cc3ccc(-n4cccn4)cc3)c2)cc(C(F)(F)F)n1.CS(=O)(=O)c1nc(-c2ccc(=O)n(Cc3ccc4c(c3)OCO4)c2)cc(C(F)(F)F)n1.CS(=O)(=O)c1nc(-c2ccc(=O)n(Cc3ccc4c(c3Br)OCO4)c2)cc(C(F)(F)F)n1.CS(=O)c1nc(-c2ccc(=O)n(Cc3ccc4c(c3Br)OCO4)c2)cc(C(F)(F)F)n1. The van der Waals surface area contributed by atoms with Crippen LogP contribution in [-0.4, -0.2) is 143 Å². The molecule has 31 nitrogen and oxygen atoms in total. The zero-order chi connectivity index (χ0) is 91.8. The Bertz CT molecular complexity index is 7130. The lowest BCUT2D eigenvalue weighted by Gasteiger charge is -2.13. The van der Waals surface area contributed by atoms with Gasteiger partial charge in [-0.1, -0.05) is 30.3 Å². The first-order chi connectivity index (χ1) is 59.6. The Morgan fingerprint density at radius 2 is 0.717 bits per heavy atom. The maximum Gasteiger partial charge on any atom is 0.433 e. The van der Waals surface area contributed by atoms with Crippen molar-refractivity contribution in [2.45, 2.75) is 71.5 Å². The highest BCUT2D eigenvalue weighted by Gasteiger charge is 2.39. The van der Waals surface area contributed by atoms with Crippen LogP contribution in [0, 0.1) is 0 Å². The Kier molecular flexibility index (Phi) is 26.2. The van der Waals surface area contributed by atoms with Gasteiger partial charge in [-0.05, 0) is 145 Å². The van der Waals surface area contributed by atoms with Crippen molar-refractivity contribution in [1.29, 1.82) is 0 Å². The lowest BCUT2D eigenvalue weighted by molar-refractivity contribution is -0.142. The molecule has 0 aliphatic carbocycles. The number of hydrogen-bond donors (Lipinski definition) is 0. The van der Waals surface area contributed by atoms with Crippen molar-refractivity contribution in [3.05, 3.63) is 278 Å². The molecule has 49 heteroatoms. The van der Waals surface area contributed by atoms with Crippen LogP contribution in [0.5, 0.6) is 34.5 Å². The number of nitrogens with zero attached hydrogens (tertiary/aromatic N) is 14. The fraction of sp³-hybridized carbons (Fsp3) is 0.192. The Morgan fingerprint density at radius 1 is 0.386 bits per heavy atom. The maximum atomic E-state index is 13.3. The number of benzene rings is 4. The van der Waals surface area contributed by atoms with E-state index < -0.39 is 120 Å². The van der Waals surface area contributed by atoms with Crippen molar-refractivity contribution in [2.24, 2.45) is 0 Å². The molecule has 1 unspecified atom stereocenters. The van der Waals surface area contributed by atoms with Gasteiger partial charge in [-0.15, -0.1) is 0 Å². The van der Waals surface area contributed by atoms with Crippen LogP contribution in [0.2, 0.25) is 0 Å². The van der Waals surface area contributed by atoms with E-state index >= 15 is 0 Å². The molecule has 0 fully saturated rings. The third-order valence-corrected chi connectivity index (χ3v) is 23.0. The fourth-order valence-electron chi connectivity index (χ4n) is 11.9. The van der Waals surface area contributed by atoms with E-state index in [2.05, 4.69) is 76.8 Å². The van der Waals surface area contributed by atoms with E-state index in [-0.39, 0.29) is 103 Å². The first-order valence-corrected chi connectivity index (χ1v) is 44.6. The molecule has 0 saturated heterocycles. The maximum absolute atomic E-state index is 13.3. The summed E-state index contributed by atoms with van der Waals surface area (Å²) in [4.78, 5) is 77.5. The minimum absolute atomic E-state index is 0.0556. The lowest BCUT2D eigenvalue weighted by Crippen LogP contribution is -2.20. The second kappa shape index (κ2) is 36.2. The summed E-state index contributed by atoms with van der Waals surface area (Å²) in [6.07, 6.45) is -7.27. The summed E-state index contributed by atoms with van der Waals surface area (Å²) in [6.45, 7) is 0.648. The van der Waals surface area contributed by atoms with E-state index in [1.165, 1.54) is 85.7 Å². The summed E-state index contributed by atoms with van der Waals surface area (Å²) in [5.41, 5.74) is -3.64. The van der Waals surface area contributed by atoms with Crippen molar-refractivity contribution in [3.63, 3.8) is 0 Å². The number of sulfone groups is 3. The predicted molar refractivity (Wildman–Crippen MR) is 432 cm³/mol. The van der Waals surface area contributed by atoms with Crippen LogP contribution < -0.4 is 50.7 Å². The Hall–Kier alpha value is -12.9. The van der Waals surface area contributed by atoms with E-state index in [4.69, 9.17) is 28.4 Å². The number of halogens is 14. The van der Waals surface area contributed by atoms with Gasteiger partial charge in [0.25, 0.3) is 22.2 Å². The lowest BCUT2D eigenvalue weighted by atomic mass is 10.1. The molecule has 662 valence electrons. The molecule has 0 spiro atoms. The molecule has 0 bridgehead atoms. The third-order valence-electron chi connectivity index (χ3n) is 18.0. The van der Waals surface area contributed by atoms with Crippen molar-refractivity contribution in [3.8, 4) is 85.2 Å². The summed E-state index contributed by atoms with van der Waals surface area (Å²) in [5.74, 6) is 3.19. The van der Waals surface area contributed by atoms with Gasteiger partial charge in [0.15, 0.2) is 34.5 Å². The van der Waals surface area contributed by atoms with Crippen LogP contribution >= 0.6 is 31.9 Å². The summed E-state index contributed by atoms with van der Waals surface area (Å²) in [5, 5.41) is 0.833. The van der Waals surface area contributed by atoms with Crippen molar-refractivity contribution in [1.82, 2.24) is 67.9 Å². The van der Waals surface area contributed by atoms with Crippen LogP contribution in [-0.2, 0) is 91.2 Å². The van der Waals surface area contributed by atoms with Crippen LogP contribution in [0.4, 0.5) is 52.7 Å². The molecule has 0 radical (unpaired) electrons. The Morgan fingerprint density at radius 3 is 1.08 bits per heavy atom. The molecule has 9 aromatic heterocycles. The smallest absolute Gasteiger partial charge is 0.433 e. The molecule has 16 rings (SSSR count). The molecule has 3 aliphatic heterocycles. The molecule has 4 aromatic carbocycles. The van der Waals surface area contributed by atoms with Gasteiger partial charge in [-0.2, -0.15) is 57.8 Å². The average molecular weight is 1980 g/mol. The second-order valence-corrected chi connectivity index (χ2v) is 35.9. The monoisotopic (exact) mass is 1970 g/mol. The number of alkyl halides is 12. The number of fused-ring (bicyclic) bond motifs is 3. The molecule has 0 N–H and O–H groups in total. The predicted octanol–water partition coefficient (Wildman–Crippen LogP) is 12.3. The third kappa shape index (κ3) is 22.2. The van der Waals surface area contributed by atoms with Gasteiger partial charge in [0.05, 0.1) is 74.4 Å². The summed E-state index contributed by atoms with van der Waals surface area (Å²) in [7, 11) is -14.2. The van der Waals surface area contributed by atoms with Crippen LogP contribution in [0.25, 0.3) is 50.7 Å². The first-order valence-electron chi connectivity index (χ1n) is 35.8. The molecule has 12 heterocycles. The molecule has 1 atom stereocenters.